The average Bonchev–Trinajstić information content (AvgIpc) is 2.78. The van der Waals surface area contributed by atoms with Crippen molar-refractivity contribution in [3.8, 4) is 16.5 Å². The van der Waals surface area contributed by atoms with Gasteiger partial charge in [-0.25, -0.2) is 9.78 Å². The van der Waals surface area contributed by atoms with Crippen LogP contribution in [0.3, 0.4) is 0 Å². The van der Waals surface area contributed by atoms with Gasteiger partial charge in [0.2, 0.25) is 5.75 Å². The van der Waals surface area contributed by atoms with Crippen LogP contribution in [-0.2, 0) is 4.74 Å². The third-order valence-corrected chi connectivity index (χ3v) is 3.25. The first-order valence-electron chi connectivity index (χ1n) is 5.01. The van der Waals surface area contributed by atoms with E-state index in [1.165, 1.54) is 11.3 Å². The van der Waals surface area contributed by atoms with Crippen molar-refractivity contribution in [3.05, 3.63) is 33.1 Å². The first kappa shape index (κ1) is 12.3. The fourth-order valence-electron chi connectivity index (χ4n) is 1.38. The van der Waals surface area contributed by atoms with E-state index < -0.39 is 17.3 Å². The van der Waals surface area contributed by atoms with Crippen LogP contribution in [-0.4, -0.2) is 28.2 Å². The van der Waals surface area contributed by atoms with Crippen molar-refractivity contribution in [1.82, 2.24) is 9.97 Å². The van der Waals surface area contributed by atoms with E-state index in [1.54, 1.807) is 6.07 Å². The van der Waals surface area contributed by atoms with Gasteiger partial charge < -0.3 is 14.8 Å². The molecule has 0 unspecified atom stereocenters. The van der Waals surface area contributed by atoms with Crippen LogP contribution >= 0.6 is 11.3 Å². The van der Waals surface area contributed by atoms with Crippen molar-refractivity contribution in [1.29, 1.82) is 0 Å². The Labute approximate surface area is 106 Å². The summed E-state index contributed by atoms with van der Waals surface area (Å²) in [5.74, 6) is -1.36. The Morgan fingerprint density at radius 1 is 1.50 bits per heavy atom. The maximum absolute atomic E-state index is 11.5. The lowest BCUT2D eigenvalue weighted by molar-refractivity contribution is 0.0590. The Morgan fingerprint density at radius 3 is 2.78 bits per heavy atom. The number of aromatic nitrogens is 2. The van der Waals surface area contributed by atoms with Crippen molar-refractivity contribution in [2.75, 3.05) is 7.11 Å². The molecule has 0 aliphatic heterocycles. The highest BCUT2D eigenvalue weighted by molar-refractivity contribution is 7.15. The highest BCUT2D eigenvalue weighted by atomic mass is 32.1. The Kier molecular flexibility index (Phi) is 3.15. The molecule has 0 saturated carbocycles. The first-order valence-corrected chi connectivity index (χ1v) is 5.83. The molecule has 0 aliphatic rings. The third-order valence-electron chi connectivity index (χ3n) is 2.25. The number of esters is 1. The van der Waals surface area contributed by atoms with Crippen LogP contribution in [0.2, 0.25) is 0 Å². The summed E-state index contributed by atoms with van der Waals surface area (Å²) in [7, 11) is 1.15. The summed E-state index contributed by atoms with van der Waals surface area (Å²) in [6.45, 7) is 1.91. The number of carbonyl (C=O) groups is 1. The van der Waals surface area contributed by atoms with Gasteiger partial charge >= 0.3 is 5.97 Å². The average molecular weight is 266 g/mol. The zero-order valence-electron chi connectivity index (χ0n) is 9.68. The summed E-state index contributed by atoms with van der Waals surface area (Å²) >= 11 is 1.42. The van der Waals surface area contributed by atoms with Crippen LogP contribution in [0.1, 0.15) is 15.4 Å². The maximum Gasteiger partial charge on any atom is 0.360 e. The highest BCUT2D eigenvalue weighted by Crippen LogP contribution is 2.25. The number of aromatic hydroxyl groups is 1. The van der Waals surface area contributed by atoms with E-state index >= 15 is 0 Å². The summed E-state index contributed by atoms with van der Waals surface area (Å²) in [6, 6.07) is 3.64. The molecule has 0 amide bonds. The molecule has 0 aliphatic carbocycles. The molecule has 0 fully saturated rings. The van der Waals surface area contributed by atoms with Crippen LogP contribution in [0, 0.1) is 6.92 Å². The fourth-order valence-corrected chi connectivity index (χ4v) is 2.20. The van der Waals surface area contributed by atoms with Gasteiger partial charge in [-0.1, -0.05) is 0 Å². The molecule has 6 nitrogen and oxygen atoms in total. The maximum atomic E-state index is 11.5. The van der Waals surface area contributed by atoms with Crippen molar-refractivity contribution in [2.24, 2.45) is 0 Å². The molecule has 2 aromatic rings. The number of ether oxygens (including phenoxy) is 1. The molecule has 18 heavy (non-hydrogen) atoms. The molecule has 0 bridgehead atoms. The third kappa shape index (κ3) is 2.12. The quantitative estimate of drug-likeness (QED) is 0.799. The molecule has 7 heteroatoms. The summed E-state index contributed by atoms with van der Waals surface area (Å²) in [4.78, 5) is 31.0. The van der Waals surface area contributed by atoms with Gasteiger partial charge in [-0.05, 0) is 19.1 Å². The molecule has 0 aromatic carbocycles. The zero-order chi connectivity index (χ0) is 13.3. The minimum Gasteiger partial charge on any atom is -0.501 e. The van der Waals surface area contributed by atoms with Crippen LogP contribution in [0.25, 0.3) is 10.7 Å². The Bertz CT molecular complexity index is 659. The van der Waals surface area contributed by atoms with Crippen LogP contribution in [0.15, 0.2) is 16.9 Å². The zero-order valence-corrected chi connectivity index (χ0v) is 10.5. The number of aryl methyl sites for hydroxylation is 1. The predicted molar refractivity (Wildman–Crippen MR) is 65.9 cm³/mol. The lowest BCUT2D eigenvalue weighted by Crippen LogP contribution is -2.15. The number of carbonyl (C=O) groups excluding carboxylic acids is 1. The Balaban J connectivity index is 2.61. The first-order chi connectivity index (χ1) is 8.52. The van der Waals surface area contributed by atoms with Gasteiger partial charge in [-0.3, -0.25) is 4.79 Å². The number of methoxy groups -OCH3 is 1. The lowest BCUT2D eigenvalue weighted by Gasteiger charge is -2.03. The van der Waals surface area contributed by atoms with E-state index in [-0.39, 0.29) is 11.5 Å². The second-order valence-corrected chi connectivity index (χ2v) is 4.80. The van der Waals surface area contributed by atoms with Gasteiger partial charge in [0.25, 0.3) is 5.56 Å². The smallest absolute Gasteiger partial charge is 0.360 e. The number of thiophene rings is 1. The Hall–Kier alpha value is -2.15. The second kappa shape index (κ2) is 4.61. The van der Waals surface area contributed by atoms with Gasteiger partial charge in [-0.15, -0.1) is 11.3 Å². The largest absolute Gasteiger partial charge is 0.501 e. The molecule has 0 atom stereocenters. The van der Waals surface area contributed by atoms with Gasteiger partial charge in [0.05, 0.1) is 12.0 Å². The van der Waals surface area contributed by atoms with Crippen molar-refractivity contribution in [3.63, 3.8) is 0 Å². The molecule has 0 radical (unpaired) electrons. The molecule has 2 aromatic heterocycles. The minimum absolute atomic E-state index is 0.233. The highest BCUT2D eigenvalue weighted by Gasteiger charge is 2.19. The van der Waals surface area contributed by atoms with Crippen molar-refractivity contribution >= 4 is 17.3 Å². The standard InChI is InChI=1S/C11H10N2O4S/c1-5-3-4-6(18-5)9-12-7(11(16)17-2)8(14)10(15)13-9/h3-4,14H,1-2H3,(H,12,13,15). The molecule has 2 N–H and O–H groups in total. The summed E-state index contributed by atoms with van der Waals surface area (Å²) in [5, 5.41) is 9.47. The van der Waals surface area contributed by atoms with Crippen LogP contribution in [0.5, 0.6) is 5.75 Å². The van der Waals surface area contributed by atoms with E-state index in [4.69, 9.17) is 0 Å². The topological polar surface area (TPSA) is 92.3 Å². The molecular formula is C11H10N2O4S. The van der Waals surface area contributed by atoms with Gasteiger partial charge in [0.1, 0.15) is 0 Å². The van der Waals surface area contributed by atoms with Crippen LogP contribution in [0.4, 0.5) is 0 Å². The van der Waals surface area contributed by atoms with E-state index in [2.05, 4.69) is 14.7 Å². The van der Waals surface area contributed by atoms with Gasteiger partial charge in [0.15, 0.2) is 11.5 Å². The molecule has 94 valence electrons. The SMILES string of the molecule is COC(=O)c1nc(-c2ccc(C)s2)[nH]c(=O)c1O. The van der Waals surface area contributed by atoms with Gasteiger partial charge in [-0.2, -0.15) is 0 Å². The number of hydrogen-bond acceptors (Lipinski definition) is 6. The molecule has 2 heterocycles. The number of H-pyrrole nitrogens is 1. The van der Waals surface area contributed by atoms with E-state index in [9.17, 15) is 14.7 Å². The second-order valence-electron chi connectivity index (χ2n) is 3.51. The number of aromatic amines is 1. The summed E-state index contributed by atoms with van der Waals surface area (Å²) in [5.41, 5.74) is -1.16. The monoisotopic (exact) mass is 266 g/mol. The predicted octanol–water partition coefficient (Wildman–Crippen LogP) is 1.30. The molecule has 0 spiro atoms. The van der Waals surface area contributed by atoms with Crippen LogP contribution < -0.4 is 5.56 Å². The van der Waals surface area contributed by atoms with E-state index in [0.29, 0.717) is 4.88 Å². The lowest BCUT2D eigenvalue weighted by atomic mass is 10.3. The summed E-state index contributed by atoms with van der Waals surface area (Å²) < 4.78 is 4.46. The van der Waals surface area contributed by atoms with Crippen molar-refractivity contribution in [2.45, 2.75) is 6.92 Å². The number of nitrogens with one attached hydrogen (secondary N) is 1. The van der Waals surface area contributed by atoms with Crippen molar-refractivity contribution < 1.29 is 14.6 Å². The Morgan fingerprint density at radius 2 is 2.22 bits per heavy atom. The fraction of sp³-hybridized carbons (Fsp3) is 0.182. The number of hydrogen-bond donors (Lipinski definition) is 2. The molecule has 0 saturated heterocycles. The van der Waals surface area contributed by atoms with E-state index in [1.807, 2.05) is 13.0 Å². The number of rotatable bonds is 2. The normalized spacial score (nSPS) is 10.3. The molecule has 2 rings (SSSR count). The van der Waals surface area contributed by atoms with Gasteiger partial charge in [0, 0.05) is 4.88 Å². The van der Waals surface area contributed by atoms with E-state index in [0.717, 1.165) is 12.0 Å². The number of nitrogens with zero attached hydrogens (tertiary/aromatic N) is 1. The minimum atomic E-state index is -0.854. The molecular weight excluding hydrogens is 256 g/mol. The summed E-state index contributed by atoms with van der Waals surface area (Å²) in [6.07, 6.45) is 0.